The van der Waals surface area contributed by atoms with E-state index in [1.165, 1.54) is 12.1 Å². The summed E-state index contributed by atoms with van der Waals surface area (Å²) in [6, 6.07) is 21.1. The number of aromatic nitrogens is 2. The van der Waals surface area contributed by atoms with Gasteiger partial charge in [0, 0.05) is 37.2 Å². The largest absolute Gasteiger partial charge is 0.429 e. The molecule has 5 rings (SSSR count). The van der Waals surface area contributed by atoms with Crippen LogP contribution in [0.15, 0.2) is 82.1 Å². The first-order valence-corrected chi connectivity index (χ1v) is 13.9. The molecule has 2 aromatic heterocycles. The van der Waals surface area contributed by atoms with Crippen LogP contribution < -0.4 is 5.14 Å². The van der Waals surface area contributed by atoms with Crippen LogP contribution in [0.4, 0.5) is 0 Å². The third kappa shape index (κ3) is 6.42. The van der Waals surface area contributed by atoms with E-state index < -0.39 is 15.6 Å². The quantitative estimate of drug-likeness (QED) is 0.265. The van der Waals surface area contributed by atoms with E-state index in [9.17, 15) is 13.5 Å². The highest BCUT2D eigenvalue weighted by Gasteiger charge is 2.33. The molecule has 0 amide bonds. The SMILES string of the molecule is NS(=O)(=O)c1ccc(-c2oc(C#CCOCc3cccc(C4(O)CCOCC4)n3)nc2-c2ccccc2)cc1. The lowest BCUT2D eigenvalue weighted by atomic mass is 9.90. The van der Waals surface area contributed by atoms with Gasteiger partial charge in [-0.05, 0) is 42.3 Å². The fraction of sp³-hybridized carbons (Fsp3) is 0.241. The van der Waals surface area contributed by atoms with Crippen molar-refractivity contribution in [3.8, 4) is 34.4 Å². The highest BCUT2D eigenvalue weighted by atomic mass is 32.2. The first kappa shape index (κ1) is 26.7. The van der Waals surface area contributed by atoms with Gasteiger partial charge in [0.2, 0.25) is 10.0 Å². The van der Waals surface area contributed by atoms with Gasteiger partial charge in [-0.1, -0.05) is 42.3 Å². The Morgan fingerprint density at radius 2 is 1.69 bits per heavy atom. The van der Waals surface area contributed by atoms with Crippen molar-refractivity contribution >= 4 is 10.0 Å². The van der Waals surface area contributed by atoms with Crippen LogP contribution in [0.1, 0.15) is 30.1 Å². The van der Waals surface area contributed by atoms with Gasteiger partial charge in [0.15, 0.2) is 5.76 Å². The lowest BCUT2D eigenvalue weighted by molar-refractivity contribution is -0.0707. The molecule has 0 spiro atoms. The highest BCUT2D eigenvalue weighted by Crippen LogP contribution is 2.33. The number of rotatable bonds is 7. The van der Waals surface area contributed by atoms with Crippen molar-refractivity contribution in [3.63, 3.8) is 0 Å². The van der Waals surface area contributed by atoms with E-state index in [-0.39, 0.29) is 24.0 Å². The highest BCUT2D eigenvalue weighted by molar-refractivity contribution is 7.89. The summed E-state index contributed by atoms with van der Waals surface area (Å²) < 4.78 is 40.3. The molecule has 1 fully saturated rings. The molecule has 0 aliphatic carbocycles. The molecule has 1 aliphatic heterocycles. The summed E-state index contributed by atoms with van der Waals surface area (Å²) in [5, 5.41) is 16.1. The van der Waals surface area contributed by atoms with Crippen LogP contribution in [0.5, 0.6) is 0 Å². The van der Waals surface area contributed by atoms with E-state index in [1.54, 1.807) is 12.1 Å². The summed E-state index contributed by atoms with van der Waals surface area (Å²) in [5.41, 5.74) is 2.38. The molecule has 0 saturated carbocycles. The molecule has 200 valence electrons. The van der Waals surface area contributed by atoms with Gasteiger partial charge < -0.3 is 19.0 Å². The third-order valence-electron chi connectivity index (χ3n) is 6.34. The number of ether oxygens (including phenoxy) is 2. The molecule has 0 atom stereocenters. The molecule has 0 bridgehead atoms. The molecule has 10 heteroatoms. The average molecular weight is 546 g/mol. The van der Waals surface area contributed by atoms with Crippen molar-refractivity contribution in [3.05, 3.63) is 90.1 Å². The van der Waals surface area contributed by atoms with Crippen molar-refractivity contribution in [1.82, 2.24) is 9.97 Å². The van der Waals surface area contributed by atoms with Gasteiger partial charge in [-0.15, -0.1) is 0 Å². The molecule has 0 radical (unpaired) electrons. The molecule has 1 saturated heterocycles. The monoisotopic (exact) mass is 545 g/mol. The molecule has 39 heavy (non-hydrogen) atoms. The summed E-state index contributed by atoms with van der Waals surface area (Å²) in [5.74, 6) is 6.46. The van der Waals surface area contributed by atoms with Crippen LogP contribution in [0, 0.1) is 11.8 Å². The summed E-state index contributed by atoms with van der Waals surface area (Å²) in [6.45, 7) is 1.36. The number of sulfonamides is 1. The number of oxazole rings is 1. The second-order valence-corrected chi connectivity index (χ2v) is 10.6. The van der Waals surface area contributed by atoms with Crippen LogP contribution in [0.25, 0.3) is 22.6 Å². The Hall–Kier alpha value is -3.85. The van der Waals surface area contributed by atoms with Gasteiger partial charge in [0.1, 0.15) is 17.9 Å². The van der Waals surface area contributed by atoms with E-state index in [4.69, 9.17) is 19.0 Å². The van der Waals surface area contributed by atoms with Gasteiger partial charge in [-0.25, -0.2) is 18.5 Å². The Bertz CT molecular complexity index is 1600. The van der Waals surface area contributed by atoms with Gasteiger partial charge in [-0.2, -0.15) is 0 Å². The summed E-state index contributed by atoms with van der Waals surface area (Å²) in [6.07, 6.45) is 1.02. The van der Waals surface area contributed by atoms with Gasteiger partial charge >= 0.3 is 0 Å². The van der Waals surface area contributed by atoms with Crippen molar-refractivity contribution in [1.29, 1.82) is 0 Å². The van der Waals surface area contributed by atoms with Crippen molar-refractivity contribution < 1.29 is 27.4 Å². The zero-order valence-corrected chi connectivity index (χ0v) is 21.9. The smallest absolute Gasteiger partial charge is 0.274 e. The molecule has 3 heterocycles. The second-order valence-electron chi connectivity index (χ2n) is 9.08. The Kier molecular flexibility index (Phi) is 7.88. The minimum atomic E-state index is -3.81. The van der Waals surface area contributed by atoms with Crippen LogP contribution in [0.3, 0.4) is 0 Å². The minimum absolute atomic E-state index is 0.00568. The second kappa shape index (κ2) is 11.5. The predicted octanol–water partition coefficient (Wildman–Crippen LogP) is 3.62. The predicted molar refractivity (Wildman–Crippen MR) is 143 cm³/mol. The van der Waals surface area contributed by atoms with Crippen LogP contribution >= 0.6 is 0 Å². The average Bonchev–Trinajstić information content (AvgIpc) is 3.38. The van der Waals surface area contributed by atoms with Crippen LogP contribution in [-0.4, -0.2) is 43.3 Å². The van der Waals surface area contributed by atoms with Gasteiger partial charge in [-0.3, -0.25) is 4.98 Å². The lowest BCUT2D eigenvalue weighted by Crippen LogP contribution is -2.34. The molecule has 9 nitrogen and oxygen atoms in total. The molecular weight excluding hydrogens is 518 g/mol. The Morgan fingerprint density at radius 1 is 0.949 bits per heavy atom. The van der Waals surface area contributed by atoms with Crippen LogP contribution in [-0.2, 0) is 31.7 Å². The Morgan fingerprint density at radius 3 is 2.41 bits per heavy atom. The molecule has 3 N–H and O–H groups in total. The Balaban J connectivity index is 1.30. The number of aliphatic hydroxyl groups is 1. The number of benzene rings is 2. The normalized spacial score (nSPS) is 14.9. The number of pyridine rings is 1. The molecule has 0 unspecified atom stereocenters. The maximum absolute atomic E-state index is 11.6. The van der Waals surface area contributed by atoms with Crippen molar-refractivity contribution in [2.24, 2.45) is 5.14 Å². The number of hydrogen-bond acceptors (Lipinski definition) is 8. The topological polar surface area (TPSA) is 138 Å². The van der Waals surface area contributed by atoms with Gasteiger partial charge in [0.25, 0.3) is 5.89 Å². The maximum atomic E-state index is 11.6. The molecule has 2 aromatic carbocycles. The number of nitrogens with two attached hydrogens (primary N) is 1. The van der Waals surface area contributed by atoms with E-state index in [0.717, 1.165) is 5.56 Å². The van der Waals surface area contributed by atoms with Gasteiger partial charge in [0.05, 0.1) is 22.9 Å². The van der Waals surface area contributed by atoms with Crippen molar-refractivity contribution in [2.75, 3.05) is 19.8 Å². The molecule has 1 aliphatic rings. The van der Waals surface area contributed by atoms with E-state index in [0.29, 0.717) is 54.5 Å². The third-order valence-corrected chi connectivity index (χ3v) is 7.27. The lowest BCUT2D eigenvalue weighted by Gasteiger charge is -2.31. The fourth-order valence-electron chi connectivity index (χ4n) is 4.26. The first-order chi connectivity index (χ1) is 18.8. The molecule has 4 aromatic rings. The van der Waals surface area contributed by atoms with E-state index >= 15 is 0 Å². The number of hydrogen-bond donors (Lipinski definition) is 2. The summed E-state index contributed by atoms with van der Waals surface area (Å²) >= 11 is 0. The number of primary sulfonamides is 1. The maximum Gasteiger partial charge on any atom is 0.274 e. The zero-order chi connectivity index (χ0) is 27.3. The minimum Gasteiger partial charge on any atom is -0.429 e. The summed E-state index contributed by atoms with van der Waals surface area (Å²) in [4.78, 5) is 9.14. The molecular formula is C29H27N3O6S. The standard InChI is InChI=1S/C29H27N3O6S/c30-39(34,35)24-13-11-22(12-14-24)28-27(21-6-2-1-3-7-21)32-26(38-28)10-5-17-37-20-23-8-4-9-25(31-23)29(33)15-18-36-19-16-29/h1-4,6-9,11-14,33H,15-20H2,(H2,30,34,35). The van der Waals surface area contributed by atoms with Crippen LogP contribution in [0.2, 0.25) is 0 Å². The number of nitrogens with zero attached hydrogens (tertiary/aromatic N) is 2. The fourth-order valence-corrected chi connectivity index (χ4v) is 4.78. The van der Waals surface area contributed by atoms with Crippen molar-refractivity contribution in [2.45, 2.75) is 29.9 Å². The zero-order valence-electron chi connectivity index (χ0n) is 21.0. The first-order valence-electron chi connectivity index (χ1n) is 12.3. The summed E-state index contributed by atoms with van der Waals surface area (Å²) in [7, 11) is -3.81. The van der Waals surface area contributed by atoms with E-state index in [1.807, 2.05) is 48.5 Å². The Labute approximate surface area is 226 Å². The van der Waals surface area contributed by atoms with E-state index in [2.05, 4.69) is 21.8 Å².